The van der Waals surface area contributed by atoms with Crippen molar-refractivity contribution < 1.29 is 20.1 Å². The van der Waals surface area contributed by atoms with Gasteiger partial charge in [-0.1, -0.05) is 0 Å². The molecule has 0 aliphatic heterocycles. The molecule has 1 atom stereocenters. The van der Waals surface area contributed by atoms with Crippen molar-refractivity contribution in [3.8, 4) is 11.5 Å². The maximum Gasteiger partial charge on any atom is 0.320 e. The molecule has 1 aromatic rings. The number of nitrogens with one attached hydrogen (secondary N) is 1. The minimum absolute atomic E-state index is 0.0550. The fourth-order valence-electron chi connectivity index (χ4n) is 1.28. The predicted octanol–water partition coefficient (Wildman–Crippen LogP) is 0.0294. The summed E-state index contributed by atoms with van der Waals surface area (Å²) in [6.45, 7) is 0. The fourth-order valence-corrected chi connectivity index (χ4v) is 1.28. The topological polar surface area (TPSA) is 178 Å². The third-order valence-corrected chi connectivity index (χ3v) is 2.20. The van der Waals surface area contributed by atoms with Gasteiger partial charge in [0.05, 0.1) is 0 Å². The number of nitrogens with zero attached hydrogens (tertiary/aromatic N) is 2. The summed E-state index contributed by atoms with van der Waals surface area (Å²) >= 11 is 0. The lowest BCUT2D eigenvalue weighted by Gasteiger charge is -2.09. The van der Waals surface area contributed by atoms with Gasteiger partial charge in [0.15, 0.2) is 0 Å². The summed E-state index contributed by atoms with van der Waals surface area (Å²) in [5.74, 6) is -2.47. The molecule has 0 fully saturated rings. The van der Waals surface area contributed by atoms with Crippen LogP contribution >= 0.6 is 0 Å². The quantitative estimate of drug-likeness (QED) is 0.254. The van der Waals surface area contributed by atoms with Crippen LogP contribution in [0.5, 0.6) is 11.5 Å². The number of aromatic hydroxyl groups is 2. The van der Waals surface area contributed by atoms with Gasteiger partial charge >= 0.3 is 5.97 Å². The van der Waals surface area contributed by atoms with Crippen LogP contribution in [-0.4, -0.2) is 33.3 Å². The molecule has 102 valence electrons. The predicted molar refractivity (Wildman–Crippen MR) is 65.5 cm³/mol. The molecular formula is C10H13N5O4. The standard InChI is InChI=1S/C10H13N5O4/c11-5(9(18)19)1-4-2-6(14-15-10(12)13)8(17)3-7(4)16/h2-3,5,16-17H,1,11H2,(H3,12,13)(H,18,19)/t5-/m0/s1. The largest absolute Gasteiger partial charge is 0.508 e. The first kappa shape index (κ1) is 14.4. The number of nitrogens with two attached hydrogens (primary N) is 2. The number of carboxylic acid groups (broad SMARTS) is 1. The zero-order valence-electron chi connectivity index (χ0n) is 9.74. The first-order valence-electron chi connectivity index (χ1n) is 5.10. The van der Waals surface area contributed by atoms with E-state index in [0.29, 0.717) is 0 Å². The Balaban J connectivity index is 3.09. The van der Waals surface area contributed by atoms with Gasteiger partial charge in [0.25, 0.3) is 0 Å². The normalized spacial score (nSPS) is 12.5. The maximum atomic E-state index is 10.6. The zero-order chi connectivity index (χ0) is 14.6. The number of carboxylic acids is 1. The number of guanidine groups is 1. The second-order valence-corrected chi connectivity index (χ2v) is 3.70. The van der Waals surface area contributed by atoms with E-state index in [4.69, 9.17) is 22.0 Å². The monoisotopic (exact) mass is 267 g/mol. The molecule has 0 amide bonds. The summed E-state index contributed by atoms with van der Waals surface area (Å²) in [6.07, 6.45) is -0.149. The molecule has 0 saturated heterocycles. The molecule has 0 radical (unpaired) electrons. The molecule has 0 unspecified atom stereocenters. The molecule has 1 rings (SSSR count). The van der Waals surface area contributed by atoms with Crippen molar-refractivity contribution in [3.63, 3.8) is 0 Å². The van der Waals surface area contributed by atoms with Gasteiger partial charge < -0.3 is 26.8 Å². The lowest BCUT2D eigenvalue weighted by molar-refractivity contribution is -0.138. The summed E-state index contributed by atoms with van der Waals surface area (Å²) in [6, 6.07) is 1.01. The van der Waals surface area contributed by atoms with Crippen LogP contribution in [0.15, 0.2) is 22.4 Å². The average molecular weight is 267 g/mol. The second kappa shape index (κ2) is 5.78. The minimum Gasteiger partial charge on any atom is -0.508 e. The average Bonchev–Trinajstić information content (AvgIpc) is 2.30. The summed E-state index contributed by atoms with van der Waals surface area (Å²) < 4.78 is 0. The number of azo groups is 1. The number of aliphatic carboxylic acids is 1. The van der Waals surface area contributed by atoms with Crippen LogP contribution < -0.4 is 11.5 Å². The highest BCUT2D eigenvalue weighted by molar-refractivity contribution is 5.75. The van der Waals surface area contributed by atoms with Crippen LogP contribution in [0.3, 0.4) is 0 Å². The lowest BCUT2D eigenvalue weighted by atomic mass is 10.0. The van der Waals surface area contributed by atoms with Crippen molar-refractivity contribution in [2.75, 3.05) is 0 Å². The van der Waals surface area contributed by atoms with Crippen LogP contribution in [0.4, 0.5) is 5.69 Å². The zero-order valence-corrected chi connectivity index (χ0v) is 9.74. The SMILES string of the molecule is N=C(N)N=Nc1cc(C[C@H](N)C(=O)O)c(O)cc1O. The number of carbonyl (C=O) groups is 1. The van der Waals surface area contributed by atoms with Crippen molar-refractivity contribution in [2.45, 2.75) is 12.5 Å². The molecule has 0 aromatic heterocycles. The Morgan fingerprint density at radius 3 is 2.53 bits per heavy atom. The molecule has 0 bridgehead atoms. The summed E-state index contributed by atoms with van der Waals surface area (Å²) in [7, 11) is 0. The first-order chi connectivity index (χ1) is 8.81. The van der Waals surface area contributed by atoms with Crippen LogP contribution in [0.1, 0.15) is 5.56 Å². The first-order valence-corrected chi connectivity index (χ1v) is 5.10. The molecule has 0 aliphatic rings. The molecule has 1 aromatic carbocycles. The van der Waals surface area contributed by atoms with Crippen molar-refractivity contribution in [1.29, 1.82) is 5.41 Å². The molecule has 19 heavy (non-hydrogen) atoms. The summed E-state index contributed by atoms with van der Waals surface area (Å²) in [5.41, 5.74) is 10.4. The Morgan fingerprint density at radius 1 is 1.37 bits per heavy atom. The number of hydrogen-bond donors (Lipinski definition) is 6. The Morgan fingerprint density at radius 2 is 2.00 bits per heavy atom. The van der Waals surface area contributed by atoms with Gasteiger partial charge in [-0.2, -0.15) is 0 Å². The molecule has 0 heterocycles. The highest BCUT2D eigenvalue weighted by atomic mass is 16.4. The summed E-state index contributed by atoms with van der Waals surface area (Å²) in [5, 5.41) is 41.4. The van der Waals surface area contributed by atoms with E-state index in [9.17, 15) is 15.0 Å². The maximum absolute atomic E-state index is 10.6. The Labute approximate surface area is 107 Å². The van der Waals surface area contributed by atoms with Gasteiger partial charge in [-0.25, -0.2) is 0 Å². The minimum atomic E-state index is -1.22. The molecule has 8 N–H and O–H groups in total. The van der Waals surface area contributed by atoms with Crippen molar-refractivity contribution in [2.24, 2.45) is 21.7 Å². The third-order valence-electron chi connectivity index (χ3n) is 2.20. The van der Waals surface area contributed by atoms with Crippen molar-refractivity contribution >= 4 is 17.6 Å². The van der Waals surface area contributed by atoms with E-state index in [0.717, 1.165) is 6.07 Å². The summed E-state index contributed by atoms with van der Waals surface area (Å²) in [4.78, 5) is 10.6. The molecular weight excluding hydrogens is 254 g/mol. The second-order valence-electron chi connectivity index (χ2n) is 3.70. The van der Waals surface area contributed by atoms with Crippen molar-refractivity contribution in [3.05, 3.63) is 17.7 Å². The van der Waals surface area contributed by atoms with E-state index in [1.165, 1.54) is 6.07 Å². The van der Waals surface area contributed by atoms with E-state index in [-0.39, 0.29) is 29.2 Å². The van der Waals surface area contributed by atoms with E-state index >= 15 is 0 Å². The van der Waals surface area contributed by atoms with Gasteiger partial charge in [0.1, 0.15) is 23.2 Å². The number of phenolic OH excluding ortho intramolecular Hbond substituents is 2. The Kier molecular flexibility index (Phi) is 4.37. The van der Waals surface area contributed by atoms with E-state index in [2.05, 4.69) is 10.2 Å². The third kappa shape index (κ3) is 3.92. The van der Waals surface area contributed by atoms with Crippen LogP contribution in [-0.2, 0) is 11.2 Å². The molecule has 0 aliphatic carbocycles. The lowest BCUT2D eigenvalue weighted by Crippen LogP contribution is -2.32. The van der Waals surface area contributed by atoms with Crippen LogP contribution in [0.25, 0.3) is 0 Å². The molecule has 0 spiro atoms. The van der Waals surface area contributed by atoms with Gasteiger partial charge in [-0.3, -0.25) is 10.2 Å². The van der Waals surface area contributed by atoms with Crippen LogP contribution in [0.2, 0.25) is 0 Å². The van der Waals surface area contributed by atoms with Gasteiger partial charge in [-0.05, 0) is 11.6 Å². The number of hydrogen-bond acceptors (Lipinski definition) is 6. The Bertz CT molecular complexity index is 543. The number of phenols is 2. The van der Waals surface area contributed by atoms with Gasteiger partial charge in [0, 0.05) is 12.5 Å². The smallest absolute Gasteiger partial charge is 0.320 e. The van der Waals surface area contributed by atoms with Gasteiger partial charge in [-0.15, -0.1) is 10.2 Å². The highest BCUT2D eigenvalue weighted by Crippen LogP contribution is 2.34. The highest BCUT2D eigenvalue weighted by Gasteiger charge is 2.16. The van der Waals surface area contributed by atoms with E-state index in [1.54, 1.807) is 0 Å². The van der Waals surface area contributed by atoms with E-state index in [1.807, 2.05) is 0 Å². The molecule has 9 heteroatoms. The Hall–Kier alpha value is -2.68. The molecule has 9 nitrogen and oxygen atoms in total. The van der Waals surface area contributed by atoms with Crippen LogP contribution in [0, 0.1) is 5.41 Å². The number of benzene rings is 1. The van der Waals surface area contributed by atoms with E-state index < -0.39 is 18.0 Å². The van der Waals surface area contributed by atoms with Crippen molar-refractivity contribution in [1.82, 2.24) is 0 Å². The number of rotatable bonds is 4. The fraction of sp³-hybridized carbons (Fsp3) is 0.200. The molecule has 0 saturated carbocycles. The van der Waals surface area contributed by atoms with Gasteiger partial charge in [0.2, 0.25) is 5.96 Å².